The van der Waals surface area contributed by atoms with Gasteiger partial charge in [-0.1, -0.05) is 11.6 Å². The van der Waals surface area contributed by atoms with Crippen LogP contribution in [-0.2, 0) is 14.3 Å². The minimum absolute atomic E-state index is 2.74. The third-order valence-corrected chi connectivity index (χ3v) is 1.96. The van der Waals surface area contributed by atoms with Gasteiger partial charge in [-0.15, -0.1) is 0 Å². The summed E-state index contributed by atoms with van der Waals surface area (Å²) in [5.74, 6) is -16.1. The quantitative estimate of drug-likeness (QED) is 0.276. The summed E-state index contributed by atoms with van der Waals surface area (Å²) in [6.45, 7) is 0. The van der Waals surface area contributed by atoms with Gasteiger partial charge in [0.15, 0.2) is 0 Å². The van der Waals surface area contributed by atoms with E-state index in [1.807, 2.05) is 0 Å². The van der Waals surface area contributed by atoms with Crippen molar-refractivity contribution in [2.24, 2.45) is 0 Å². The molecule has 0 aliphatic carbocycles. The molecule has 0 saturated carbocycles. The maximum Gasteiger partial charge on any atom is 0.396 e. The van der Waals surface area contributed by atoms with Crippen LogP contribution in [-0.4, -0.2) is 28.9 Å². The Morgan fingerprint density at radius 1 is 0.929 bits per heavy atom. The highest BCUT2D eigenvalue weighted by molar-refractivity contribution is 6.29. The number of esters is 2. The molecule has 14 heavy (non-hydrogen) atoms. The van der Waals surface area contributed by atoms with Gasteiger partial charge in [0, 0.05) is 0 Å². The Balaban J connectivity index is 3.31. The van der Waals surface area contributed by atoms with Gasteiger partial charge in [0.1, 0.15) is 0 Å². The molecule has 0 bridgehead atoms. The smallest absolute Gasteiger partial charge is 0.384 e. The Morgan fingerprint density at radius 3 is 1.50 bits per heavy atom. The van der Waals surface area contributed by atoms with Crippen molar-refractivity contribution in [2.45, 2.75) is 17.0 Å². The van der Waals surface area contributed by atoms with E-state index in [-0.39, 0.29) is 0 Å². The second-order valence-corrected chi connectivity index (χ2v) is 2.92. The maximum absolute atomic E-state index is 12.7. The van der Waals surface area contributed by atoms with Gasteiger partial charge in [-0.25, -0.2) is 14.0 Å². The Morgan fingerprint density at radius 2 is 1.21 bits per heavy atom. The predicted molar refractivity (Wildman–Crippen MR) is 30.7 cm³/mol. The summed E-state index contributed by atoms with van der Waals surface area (Å²) in [5.41, 5.74) is 0. The molecule has 0 spiro atoms. The predicted octanol–water partition coefficient (Wildman–Crippen LogP) is 1.24. The third kappa shape index (κ3) is 1.03. The summed E-state index contributed by atoms with van der Waals surface area (Å²) in [6, 6.07) is 0. The van der Waals surface area contributed by atoms with E-state index in [2.05, 4.69) is 16.3 Å². The second kappa shape index (κ2) is 2.56. The number of hydrogen-bond acceptors (Lipinski definition) is 3. The summed E-state index contributed by atoms with van der Waals surface area (Å²) in [7, 11) is 0. The minimum Gasteiger partial charge on any atom is -0.384 e. The first-order valence-electron chi connectivity index (χ1n) is 2.95. The van der Waals surface area contributed by atoms with Crippen molar-refractivity contribution in [3.8, 4) is 0 Å². The van der Waals surface area contributed by atoms with E-state index in [4.69, 9.17) is 0 Å². The van der Waals surface area contributed by atoms with Crippen molar-refractivity contribution in [2.75, 3.05) is 0 Å². The van der Waals surface area contributed by atoms with Crippen molar-refractivity contribution in [1.29, 1.82) is 0 Å². The van der Waals surface area contributed by atoms with Crippen LogP contribution in [0.4, 0.5) is 22.0 Å². The Kier molecular flexibility index (Phi) is 2.04. The van der Waals surface area contributed by atoms with Crippen LogP contribution in [0.1, 0.15) is 0 Å². The number of ether oxygens (including phenoxy) is 1. The van der Waals surface area contributed by atoms with Crippen LogP contribution in [0.3, 0.4) is 0 Å². The molecule has 80 valence electrons. The molecule has 1 rings (SSSR count). The average molecular weight is 238 g/mol. The van der Waals surface area contributed by atoms with Crippen LogP contribution in [0.5, 0.6) is 0 Å². The van der Waals surface area contributed by atoms with Crippen molar-refractivity contribution >= 4 is 23.5 Å². The topological polar surface area (TPSA) is 43.4 Å². The molecule has 0 atom stereocenters. The molecule has 0 amide bonds. The average Bonchev–Trinajstić information content (AvgIpc) is 2.01. The fraction of sp³-hybridized carbons (Fsp3) is 0.600. The van der Waals surface area contributed by atoms with Gasteiger partial charge in [-0.2, -0.15) is 17.6 Å². The molecule has 0 aromatic rings. The Bertz CT molecular complexity index is 284. The molecule has 0 radical (unpaired) electrons. The van der Waals surface area contributed by atoms with E-state index >= 15 is 0 Å². The molecule has 1 heterocycles. The van der Waals surface area contributed by atoms with Gasteiger partial charge in [-0.05, 0) is 0 Å². The molecule has 1 aliphatic rings. The van der Waals surface area contributed by atoms with E-state index in [0.29, 0.717) is 0 Å². The molecule has 0 unspecified atom stereocenters. The molecule has 1 aliphatic heterocycles. The maximum atomic E-state index is 12.7. The lowest BCUT2D eigenvalue weighted by Crippen LogP contribution is -2.66. The van der Waals surface area contributed by atoms with Crippen molar-refractivity contribution < 1.29 is 36.3 Å². The second-order valence-electron chi connectivity index (χ2n) is 2.40. The zero-order valence-corrected chi connectivity index (χ0v) is 6.75. The number of carbonyl (C=O) groups excluding carboxylic acids is 2. The highest BCUT2D eigenvalue weighted by Gasteiger charge is 2.81. The van der Waals surface area contributed by atoms with Crippen LogP contribution in [0.25, 0.3) is 0 Å². The van der Waals surface area contributed by atoms with Crippen molar-refractivity contribution in [1.82, 2.24) is 0 Å². The normalized spacial score (nSPS) is 28.4. The first-order valence-corrected chi connectivity index (χ1v) is 3.33. The lowest BCUT2D eigenvalue weighted by Gasteiger charge is -2.34. The third-order valence-electron chi connectivity index (χ3n) is 1.49. The highest BCUT2D eigenvalue weighted by Crippen LogP contribution is 2.51. The molecule has 0 N–H and O–H groups in total. The van der Waals surface area contributed by atoms with E-state index in [1.54, 1.807) is 0 Å². The Hall–Kier alpha value is -0.920. The summed E-state index contributed by atoms with van der Waals surface area (Å²) in [4.78, 5) is 20.4. The van der Waals surface area contributed by atoms with Gasteiger partial charge in [0.25, 0.3) is 0 Å². The van der Waals surface area contributed by atoms with E-state index in [1.165, 1.54) is 0 Å². The van der Waals surface area contributed by atoms with Crippen LogP contribution in [0.2, 0.25) is 0 Å². The zero-order valence-electron chi connectivity index (χ0n) is 5.99. The summed E-state index contributed by atoms with van der Waals surface area (Å²) in [5, 5.41) is -5.10. The van der Waals surface area contributed by atoms with E-state index in [9.17, 15) is 31.5 Å². The molecular formula is C5ClF5O3. The first-order chi connectivity index (χ1) is 6.05. The first kappa shape index (κ1) is 11.2. The monoisotopic (exact) mass is 238 g/mol. The van der Waals surface area contributed by atoms with Crippen LogP contribution in [0.15, 0.2) is 0 Å². The van der Waals surface area contributed by atoms with Crippen molar-refractivity contribution in [3.05, 3.63) is 0 Å². The Labute approximate surface area is 77.8 Å². The van der Waals surface area contributed by atoms with Gasteiger partial charge in [-0.3, -0.25) is 0 Å². The van der Waals surface area contributed by atoms with E-state index < -0.39 is 28.9 Å². The van der Waals surface area contributed by atoms with Gasteiger partial charge >= 0.3 is 28.9 Å². The summed E-state index contributed by atoms with van der Waals surface area (Å²) in [6.07, 6.45) is 0. The summed E-state index contributed by atoms with van der Waals surface area (Å²) >= 11 is 4.16. The number of alkyl halides is 6. The van der Waals surface area contributed by atoms with Crippen LogP contribution in [0, 0.1) is 0 Å². The minimum atomic E-state index is -5.29. The van der Waals surface area contributed by atoms with Gasteiger partial charge in [0.2, 0.25) is 0 Å². The lowest BCUT2D eigenvalue weighted by atomic mass is 10.0. The fourth-order valence-corrected chi connectivity index (χ4v) is 0.820. The molecule has 0 aromatic carbocycles. The highest BCUT2D eigenvalue weighted by atomic mass is 35.5. The SMILES string of the molecule is O=C1OC(=O)C(F)(F)C(F)(Cl)C1(F)F. The van der Waals surface area contributed by atoms with Crippen LogP contribution >= 0.6 is 11.6 Å². The molecule has 1 fully saturated rings. The fourth-order valence-electron chi connectivity index (χ4n) is 0.666. The molecule has 0 aromatic heterocycles. The number of carbonyl (C=O) groups is 2. The number of rotatable bonds is 0. The van der Waals surface area contributed by atoms with Gasteiger partial charge in [0.05, 0.1) is 0 Å². The lowest BCUT2D eigenvalue weighted by molar-refractivity contribution is -0.253. The number of cyclic esters (lactones) is 2. The number of hydrogen-bond donors (Lipinski definition) is 0. The molecule has 1 saturated heterocycles. The van der Waals surface area contributed by atoms with Crippen molar-refractivity contribution in [3.63, 3.8) is 0 Å². The largest absolute Gasteiger partial charge is 0.396 e. The molecule has 3 nitrogen and oxygen atoms in total. The molecule has 9 heteroatoms. The standard InChI is InChI=1S/C5ClF5O3/c6-5(11)3(7,8)1(12)14-2(13)4(5,9)10. The zero-order chi connectivity index (χ0) is 11.4. The van der Waals surface area contributed by atoms with Crippen LogP contribution < -0.4 is 0 Å². The molecular weight excluding hydrogens is 238 g/mol. The van der Waals surface area contributed by atoms with Gasteiger partial charge < -0.3 is 4.74 Å². The summed E-state index contributed by atoms with van der Waals surface area (Å²) < 4.78 is 65.3. The number of halogens is 6. The van der Waals surface area contributed by atoms with E-state index in [0.717, 1.165) is 0 Å².